The Bertz CT molecular complexity index is 204. The summed E-state index contributed by atoms with van der Waals surface area (Å²) in [6.07, 6.45) is 6.34. The van der Waals surface area contributed by atoms with Crippen molar-refractivity contribution in [1.29, 1.82) is 0 Å². The van der Waals surface area contributed by atoms with Crippen molar-refractivity contribution >= 4 is 20.8 Å². The van der Waals surface area contributed by atoms with E-state index in [9.17, 15) is 4.21 Å². The third-order valence-electron chi connectivity index (χ3n) is 1.49. The van der Waals surface area contributed by atoms with Gasteiger partial charge in [-0.2, -0.15) is 14.8 Å². The predicted octanol–water partition coefficient (Wildman–Crippen LogP) is 1.42. The lowest BCUT2D eigenvalue weighted by atomic mass is 10.4. The topological polar surface area (TPSA) is 29.4 Å². The van der Waals surface area contributed by atoms with Gasteiger partial charge in [-0.05, 0) is 25.4 Å². The molecule has 0 aromatic rings. The quantitative estimate of drug-likeness (QED) is 0.609. The van der Waals surface area contributed by atoms with Gasteiger partial charge in [0, 0.05) is 11.5 Å². The number of thiol groups is 1. The van der Waals surface area contributed by atoms with Gasteiger partial charge in [0.25, 0.3) is 0 Å². The van der Waals surface area contributed by atoms with Crippen molar-refractivity contribution in [3.8, 4) is 0 Å². The van der Waals surface area contributed by atoms with Gasteiger partial charge in [-0.3, -0.25) is 0 Å². The van der Waals surface area contributed by atoms with Crippen LogP contribution in [-0.4, -0.2) is 28.2 Å². The van der Waals surface area contributed by atoms with E-state index in [1.165, 1.54) is 0 Å². The zero-order valence-corrected chi connectivity index (χ0v) is 8.25. The zero-order valence-electron chi connectivity index (χ0n) is 6.54. The summed E-state index contributed by atoms with van der Waals surface area (Å²) in [5.41, 5.74) is 0. The lowest BCUT2D eigenvalue weighted by molar-refractivity contribution is 0.682. The van der Waals surface area contributed by atoms with Gasteiger partial charge in [0.05, 0.1) is 9.73 Å². The summed E-state index contributed by atoms with van der Waals surface area (Å²) in [5, 5.41) is 0. The van der Waals surface area contributed by atoms with Crippen molar-refractivity contribution in [2.75, 3.05) is 24.0 Å². The molecule has 0 amide bonds. The normalized spacial score (nSPS) is 24.4. The largest absolute Gasteiger partial charge is 0.249 e. The van der Waals surface area contributed by atoms with Crippen LogP contribution in [0.1, 0.15) is 12.8 Å². The van der Waals surface area contributed by atoms with Crippen molar-refractivity contribution in [1.82, 2.24) is 0 Å². The van der Waals surface area contributed by atoms with E-state index in [1.54, 1.807) is 0 Å². The summed E-state index contributed by atoms with van der Waals surface area (Å²) in [6.45, 7) is 0. The van der Waals surface area contributed by atoms with Gasteiger partial charge in [0.1, 0.15) is 0 Å². The van der Waals surface area contributed by atoms with E-state index < -0.39 is 9.73 Å². The summed E-state index contributed by atoms with van der Waals surface area (Å²) in [7, 11) is -1.70. The van der Waals surface area contributed by atoms with Crippen molar-refractivity contribution in [2.45, 2.75) is 12.8 Å². The Labute approximate surface area is 66.1 Å². The first-order valence-corrected chi connectivity index (χ1v) is 7.56. The van der Waals surface area contributed by atoms with E-state index in [4.69, 9.17) is 0 Å². The highest BCUT2D eigenvalue weighted by Gasteiger charge is 2.15. The van der Waals surface area contributed by atoms with Gasteiger partial charge < -0.3 is 0 Å². The van der Waals surface area contributed by atoms with Crippen molar-refractivity contribution < 1.29 is 4.21 Å². The van der Waals surface area contributed by atoms with Gasteiger partial charge in [0.15, 0.2) is 0 Å². The van der Waals surface area contributed by atoms with Gasteiger partial charge in [-0.15, -0.1) is 0 Å². The SMILES string of the molecule is C[SH](C)N=S1(=O)CCCC1. The Hall–Kier alpha value is 0.300. The molecule has 0 saturated carbocycles. The Morgan fingerprint density at radius 3 is 2.20 bits per heavy atom. The molecule has 10 heavy (non-hydrogen) atoms. The Morgan fingerprint density at radius 1 is 1.30 bits per heavy atom. The molecule has 0 atom stereocenters. The zero-order chi connectivity index (χ0) is 7.61. The molecule has 1 saturated heterocycles. The van der Waals surface area contributed by atoms with E-state index in [1.807, 2.05) is 0 Å². The second kappa shape index (κ2) is 3.13. The van der Waals surface area contributed by atoms with Crippen LogP contribution in [-0.2, 0) is 9.73 Å². The van der Waals surface area contributed by atoms with E-state index in [0.717, 1.165) is 24.3 Å². The fourth-order valence-corrected chi connectivity index (χ4v) is 5.69. The molecule has 1 fully saturated rings. The maximum absolute atomic E-state index is 11.6. The van der Waals surface area contributed by atoms with E-state index in [2.05, 4.69) is 16.3 Å². The predicted molar refractivity (Wildman–Crippen MR) is 50.4 cm³/mol. The van der Waals surface area contributed by atoms with Crippen LogP contribution in [0.15, 0.2) is 3.77 Å². The molecule has 0 bridgehead atoms. The summed E-state index contributed by atoms with van der Waals surface area (Å²) < 4.78 is 15.9. The standard InChI is InChI=1S/C6H15NOS2/c1-9(2)7-10(8)5-3-4-6-10/h9H,3-6H2,1-2H3. The maximum Gasteiger partial charge on any atom is 0.0561 e. The summed E-state index contributed by atoms with van der Waals surface area (Å²) in [4.78, 5) is 0. The third kappa shape index (κ3) is 2.16. The van der Waals surface area contributed by atoms with Gasteiger partial charge in [-0.1, -0.05) is 0 Å². The molecule has 0 aliphatic carbocycles. The van der Waals surface area contributed by atoms with Crippen LogP contribution >= 0.6 is 11.1 Å². The Balaban J connectivity index is 2.76. The molecule has 0 radical (unpaired) electrons. The van der Waals surface area contributed by atoms with Gasteiger partial charge in [0.2, 0.25) is 0 Å². The van der Waals surface area contributed by atoms with Crippen LogP contribution in [0.2, 0.25) is 0 Å². The summed E-state index contributed by atoms with van der Waals surface area (Å²) in [5.74, 6) is 1.71. The molecular formula is C6H15NOS2. The molecule has 62 valence electrons. The minimum absolute atomic E-state index is 0.311. The number of rotatable bonds is 1. The molecule has 1 aliphatic heterocycles. The highest BCUT2D eigenvalue weighted by molar-refractivity contribution is 8.19. The fraction of sp³-hybridized carbons (Fsp3) is 1.00. The molecule has 1 rings (SSSR count). The molecule has 4 heteroatoms. The van der Waals surface area contributed by atoms with Crippen LogP contribution in [0.25, 0.3) is 0 Å². The van der Waals surface area contributed by atoms with Gasteiger partial charge in [-0.25, -0.2) is 4.21 Å². The average Bonchev–Trinajstić information content (AvgIpc) is 2.12. The smallest absolute Gasteiger partial charge is 0.0561 e. The van der Waals surface area contributed by atoms with Crippen LogP contribution in [0, 0.1) is 0 Å². The van der Waals surface area contributed by atoms with Crippen molar-refractivity contribution in [3.05, 3.63) is 0 Å². The highest BCUT2D eigenvalue weighted by Crippen LogP contribution is 2.23. The lowest BCUT2D eigenvalue weighted by Gasteiger charge is -2.04. The van der Waals surface area contributed by atoms with Crippen LogP contribution in [0.3, 0.4) is 0 Å². The second-order valence-electron chi connectivity index (χ2n) is 2.82. The molecule has 0 N–H and O–H groups in total. The molecule has 1 aliphatic rings. The average molecular weight is 181 g/mol. The second-order valence-corrected chi connectivity index (χ2v) is 7.53. The Kier molecular flexibility index (Phi) is 2.63. The van der Waals surface area contributed by atoms with E-state index in [0.29, 0.717) is 0 Å². The van der Waals surface area contributed by atoms with Crippen molar-refractivity contribution in [2.24, 2.45) is 3.77 Å². The minimum atomic E-state index is -1.70. The number of hydrogen-bond donors (Lipinski definition) is 1. The lowest BCUT2D eigenvalue weighted by Crippen LogP contribution is -1.99. The van der Waals surface area contributed by atoms with Gasteiger partial charge >= 0.3 is 0 Å². The Morgan fingerprint density at radius 2 is 1.80 bits per heavy atom. The molecule has 0 unspecified atom stereocenters. The fourth-order valence-electron chi connectivity index (χ4n) is 1.14. The van der Waals surface area contributed by atoms with E-state index in [-0.39, 0.29) is 11.1 Å². The molecule has 0 spiro atoms. The highest BCUT2D eigenvalue weighted by atomic mass is 32.3. The first-order chi connectivity index (χ1) is 4.62. The van der Waals surface area contributed by atoms with Crippen molar-refractivity contribution in [3.63, 3.8) is 0 Å². The first kappa shape index (κ1) is 8.40. The minimum Gasteiger partial charge on any atom is -0.249 e. The van der Waals surface area contributed by atoms with E-state index >= 15 is 0 Å². The molecular weight excluding hydrogens is 166 g/mol. The maximum atomic E-state index is 11.6. The number of nitrogens with zero attached hydrogens (tertiary/aromatic N) is 1. The number of hydrogen-bond acceptors (Lipinski definition) is 2. The summed E-state index contributed by atoms with van der Waals surface area (Å²) in [6, 6.07) is 0. The summed E-state index contributed by atoms with van der Waals surface area (Å²) >= 11 is -0.311. The third-order valence-corrected chi connectivity index (χ3v) is 5.84. The molecule has 2 nitrogen and oxygen atoms in total. The van der Waals surface area contributed by atoms with Crippen LogP contribution < -0.4 is 0 Å². The van der Waals surface area contributed by atoms with Crippen LogP contribution in [0.5, 0.6) is 0 Å². The van der Waals surface area contributed by atoms with Crippen LogP contribution in [0.4, 0.5) is 0 Å². The molecule has 0 aromatic carbocycles. The molecule has 0 aromatic heterocycles. The monoisotopic (exact) mass is 181 g/mol. The first-order valence-electron chi connectivity index (χ1n) is 3.52. The molecule has 1 heterocycles.